The van der Waals surface area contributed by atoms with E-state index in [2.05, 4.69) is 36.3 Å². The molecule has 0 aliphatic carbocycles. The summed E-state index contributed by atoms with van der Waals surface area (Å²) in [5, 5.41) is 6.96. The molecule has 118 valence electrons. The third kappa shape index (κ3) is 7.07. The monoisotopic (exact) mass is 318 g/mol. The van der Waals surface area contributed by atoms with E-state index in [0.29, 0.717) is 23.1 Å². The largest absolute Gasteiger partial charge is 0.392 e. The van der Waals surface area contributed by atoms with Gasteiger partial charge in [-0.05, 0) is 57.2 Å². The number of hydrogen-bond acceptors (Lipinski definition) is 4. The first kappa shape index (κ1) is 18.0. The van der Waals surface area contributed by atoms with Crippen molar-refractivity contribution >= 4 is 11.6 Å². The van der Waals surface area contributed by atoms with Crippen LogP contribution in [0.1, 0.15) is 19.4 Å². The molecule has 5 heteroatoms. The summed E-state index contributed by atoms with van der Waals surface area (Å²) in [4.78, 5) is 0. The second-order valence-corrected chi connectivity index (χ2v) is 5.93. The van der Waals surface area contributed by atoms with Gasteiger partial charge in [-0.1, -0.05) is 23.6 Å². The van der Waals surface area contributed by atoms with Crippen molar-refractivity contribution in [3.63, 3.8) is 0 Å². The summed E-state index contributed by atoms with van der Waals surface area (Å²) in [6, 6.07) is 7.30. The topological polar surface area (TPSA) is 76.1 Å². The Morgan fingerprint density at radius 2 is 2.05 bits per heavy atom. The maximum Gasteiger partial charge on any atom is 0.0961 e. The quantitative estimate of drug-likeness (QED) is 0.494. The van der Waals surface area contributed by atoms with E-state index in [0.717, 1.165) is 5.56 Å². The minimum Gasteiger partial charge on any atom is -0.392 e. The smallest absolute Gasteiger partial charge is 0.0961 e. The molecule has 1 rings (SSSR count). The lowest BCUT2D eigenvalue weighted by Crippen LogP contribution is -2.46. The van der Waals surface area contributed by atoms with Crippen molar-refractivity contribution in [3.05, 3.63) is 58.5 Å². The Morgan fingerprint density at radius 1 is 1.32 bits per heavy atom. The van der Waals surface area contributed by atoms with E-state index in [1.165, 1.54) is 0 Å². The molecule has 0 radical (unpaired) electrons. The second kappa shape index (κ2) is 8.38. The van der Waals surface area contributed by atoms with Gasteiger partial charge >= 0.3 is 0 Å². The average Bonchev–Trinajstić information content (AvgIpc) is 2.49. The van der Waals surface area contributed by atoms with Crippen LogP contribution >= 0.6 is 11.6 Å². The molecule has 0 saturated heterocycles. The molecule has 0 bridgehead atoms. The molecule has 0 unspecified atom stereocenters. The molecule has 0 spiro atoms. The fourth-order valence-electron chi connectivity index (χ4n) is 1.40. The lowest BCUT2D eigenvalue weighted by atomic mass is 10.1. The number of hydrogen-bond donors (Lipinski definition) is 4. The minimum absolute atomic E-state index is 0.0416. The zero-order valence-electron chi connectivity index (χ0n) is 13.2. The normalized spacial score (nSPS) is 12.5. The number of rotatable bonds is 5. The van der Waals surface area contributed by atoms with Crippen LogP contribution in [0, 0.1) is 11.8 Å². The Kier molecular flexibility index (Phi) is 6.84. The third-order valence-electron chi connectivity index (χ3n) is 3.03. The fraction of sp³-hybridized carbons (Fsp3) is 0.294. The van der Waals surface area contributed by atoms with E-state index < -0.39 is 0 Å². The van der Waals surface area contributed by atoms with Gasteiger partial charge in [0.15, 0.2) is 0 Å². The van der Waals surface area contributed by atoms with Gasteiger partial charge in [-0.15, -0.1) is 0 Å². The van der Waals surface area contributed by atoms with E-state index in [-0.39, 0.29) is 5.54 Å². The first-order valence-corrected chi connectivity index (χ1v) is 7.33. The molecule has 0 saturated carbocycles. The van der Waals surface area contributed by atoms with E-state index >= 15 is 0 Å². The standard InChI is InChI=1S/C17H23ClN4/c1-17(2,21-3)12-22-16(20)10-9-15(19)8-7-13-5-4-6-14(18)11-13/h4-6,9-11,21-22H,12,19-20H2,1-3H3/b15-9-,16-10+. The molecular formula is C17H23ClN4. The molecule has 0 aromatic heterocycles. The van der Waals surface area contributed by atoms with Crippen LogP contribution in [0.5, 0.6) is 0 Å². The highest BCUT2D eigenvalue weighted by atomic mass is 35.5. The molecule has 6 N–H and O–H groups in total. The summed E-state index contributed by atoms with van der Waals surface area (Å²) in [6.07, 6.45) is 3.37. The van der Waals surface area contributed by atoms with Gasteiger partial charge in [0.2, 0.25) is 0 Å². The number of allylic oxidation sites excluding steroid dienone is 3. The first-order chi connectivity index (χ1) is 10.3. The zero-order chi connectivity index (χ0) is 16.6. The maximum atomic E-state index is 5.89. The maximum absolute atomic E-state index is 5.89. The molecule has 0 amide bonds. The summed E-state index contributed by atoms with van der Waals surface area (Å²) in [5.41, 5.74) is 12.9. The third-order valence-corrected chi connectivity index (χ3v) is 3.26. The summed E-state index contributed by atoms with van der Waals surface area (Å²) in [7, 11) is 1.91. The molecular weight excluding hydrogens is 296 g/mol. The highest BCUT2D eigenvalue weighted by Gasteiger charge is 2.13. The summed E-state index contributed by atoms with van der Waals surface area (Å²) >= 11 is 5.89. The van der Waals surface area contributed by atoms with Crippen LogP contribution < -0.4 is 22.1 Å². The molecule has 0 heterocycles. The average molecular weight is 319 g/mol. The summed E-state index contributed by atoms with van der Waals surface area (Å²) in [6.45, 7) is 4.86. The Labute approximate surface area is 137 Å². The first-order valence-electron chi connectivity index (χ1n) is 6.96. The van der Waals surface area contributed by atoms with Gasteiger partial charge in [0.25, 0.3) is 0 Å². The van der Waals surface area contributed by atoms with Gasteiger partial charge in [0.05, 0.1) is 11.5 Å². The SMILES string of the molecule is CNC(C)(C)CN/C(N)=C/C=C(\N)C#Cc1cccc(Cl)c1. The number of nitrogens with one attached hydrogen (secondary N) is 2. The van der Waals surface area contributed by atoms with Crippen LogP contribution in [-0.4, -0.2) is 19.1 Å². The fourth-order valence-corrected chi connectivity index (χ4v) is 1.59. The van der Waals surface area contributed by atoms with Gasteiger partial charge in [-0.3, -0.25) is 0 Å². The Bertz CT molecular complexity index is 621. The summed E-state index contributed by atoms with van der Waals surface area (Å²) in [5.74, 6) is 6.34. The van der Waals surface area contributed by atoms with Gasteiger partial charge in [0.1, 0.15) is 0 Å². The Hall–Kier alpha value is -2.09. The van der Waals surface area contributed by atoms with Crippen molar-refractivity contribution in [2.75, 3.05) is 13.6 Å². The Morgan fingerprint density at radius 3 is 2.68 bits per heavy atom. The van der Waals surface area contributed by atoms with Crippen LogP contribution in [0.3, 0.4) is 0 Å². The molecule has 0 fully saturated rings. The van der Waals surface area contributed by atoms with Crippen molar-refractivity contribution in [3.8, 4) is 11.8 Å². The van der Waals surface area contributed by atoms with Crippen molar-refractivity contribution in [2.45, 2.75) is 19.4 Å². The predicted octanol–water partition coefficient (Wildman–Crippen LogP) is 1.92. The Balaban J connectivity index is 2.64. The molecule has 4 nitrogen and oxygen atoms in total. The molecule has 0 aliphatic rings. The van der Waals surface area contributed by atoms with Crippen LogP contribution in [0.15, 0.2) is 47.9 Å². The molecule has 1 aromatic rings. The highest BCUT2D eigenvalue weighted by molar-refractivity contribution is 6.30. The van der Waals surface area contributed by atoms with E-state index in [1.807, 2.05) is 19.2 Å². The van der Waals surface area contributed by atoms with Gasteiger partial charge in [-0.2, -0.15) is 0 Å². The van der Waals surface area contributed by atoms with Crippen molar-refractivity contribution in [1.29, 1.82) is 0 Å². The lowest BCUT2D eigenvalue weighted by molar-refractivity contribution is 0.408. The highest BCUT2D eigenvalue weighted by Crippen LogP contribution is 2.09. The minimum atomic E-state index is -0.0416. The molecule has 22 heavy (non-hydrogen) atoms. The van der Waals surface area contributed by atoms with Crippen molar-refractivity contribution in [1.82, 2.24) is 10.6 Å². The number of nitrogens with two attached hydrogens (primary N) is 2. The molecule has 0 atom stereocenters. The van der Waals surface area contributed by atoms with Crippen LogP contribution in [-0.2, 0) is 0 Å². The predicted molar refractivity (Wildman–Crippen MR) is 94.0 cm³/mol. The van der Waals surface area contributed by atoms with Gasteiger partial charge in [0, 0.05) is 22.7 Å². The van der Waals surface area contributed by atoms with E-state index in [9.17, 15) is 0 Å². The molecule has 0 aliphatic heterocycles. The van der Waals surface area contributed by atoms with Gasteiger partial charge in [-0.25, -0.2) is 0 Å². The van der Waals surface area contributed by atoms with Crippen LogP contribution in [0.25, 0.3) is 0 Å². The van der Waals surface area contributed by atoms with E-state index in [1.54, 1.807) is 24.3 Å². The number of likely N-dealkylation sites (N-methyl/N-ethyl adjacent to an activating group) is 1. The van der Waals surface area contributed by atoms with Crippen molar-refractivity contribution in [2.24, 2.45) is 11.5 Å². The number of halogens is 1. The van der Waals surface area contributed by atoms with Crippen molar-refractivity contribution < 1.29 is 0 Å². The van der Waals surface area contributed by atoms with Gasteiger partial charge < -0.3 is 22.1 Å². The molecule has 1 aromatic carbocycles. The second-order valence-electron chi connectivity index (χ2n) is 5.49. The van der Waals surface area contributed by atoms with Crippen LogP contribution in [0.2, 0.25) is 5.02 Å². The zero-order valence-corrected chi connectivity index (χ0v) is 14.0. The van der Waals surface area contributed by atoms with Crippen LogP contribution in [0.4, 0.5) is 0 Å². The lowest BCUT2D eigenvalue weighted by Gasteiger charge is -2.24. The van der Waals surface area contributed by atoms with E-state index in [4.69, 9.17) is 23.1 Å². The number of benzene rings is 1. The summed E-state index contributed by atoms with van der Waals surface area (Å²) < 4.78 is 0.